The van der Waals surface area contributed by atoms with Crippen LogP contribution >= 0.6 is 0 Å². The minimum absolute atomic E-state index is 0.0699. The van der Waals surface area contributed by atoms with Gasteiger partial charge >= 0.3 is 6.03 Å². The maximum atomic E-state index is 12.3. The lowest BCUT2D eigenvalue weighted by Crippen LogP contribution is -2.47. The number of urea groups is 1. The van der Waals surface area contributed by atoms with Gasteiger partial charge in [-0.05, 0) is 24.1 Å². The number of methoxy groups -OCH3 is 2. The number of benzene rings is 1. The molecule has 2 aliphatic heterocycles. The molecule has 28 heavy (non-hydrogen) atoms. The van der Waals surface area contributed by atoms with Crippen molar-refractivity contribution in [1.29, 1.82) is 0 Å². The van der Waals surface area contributed by atoms with Crippen LogP contribution in [0.2, 0.25) is 0 Å². The summed E-state index contributed by atoms with van der Waals surface area (Å²) in [5.74, 6) is 1.69. The highest BCUT2D eigenvalue weighted by Crippen LogP contribution is 2.28. The second-order valence-corrected chi connectivity index (χ2v) is 7.13. The van der Waals surface area contributed by atoms with Crippen LogP contribution in [0.1, 0.15) is 12.0 Å². The van der Waals surface area contributed by atoms with E-state index in [9.17, 15) is 9.59 Å². The SMILES string of the molecule is COc1ccc(CCN2CC(CNC(=O)N3CCOCC3)CC2=O)cc1OC. The predicted octanol–water partition coefficient (Wildman–Crippen LogP) is 1.14. The van der Waals surface area contributed by atoms with Crippen LogP contribution in [0, 0.1) is 5.92 Å². The molecule has 0 spiro atoms. The number of ether oxygens (including phenoxy) is 3. The molecule has 1 aromatic carbocycles. The van der Waals surface area contributed by atoms with Gasteiger partial charge in [-0.25, -0.2) is 4.79 Å². The third-order valence-electron chi connectivity index (χ3n) is 5.25. The highest BCUT2D eigenvalue weighted by molar-refractivity contribution is 5.79. The monoisotopic (exact) mass is 391 g/mol. The summed E-state index contributed by atoms with van der Waals surface area (Å²) in [6.07, 6.45) is 1.23. The number of likely N-dealkylation sites (tertiary alicyclic amines) is 1. The van der Waals surface area contributed by atoms with Crippen molar-refractivity contribution in [3.05, 3.63) is 23.8 Å². The minimum atomic E-state index is -0.0699. The number of hydrogen-bond donors (Lipinski definition) is 1. The zero-order chi connectivity index (χ0) is 19.9. The summed E-state index contributed by atoms with van der Waals surface area (Å²) in [5, 5.41) is 2.96. The van der Waals surface area contributed by atoms with Gasteiger partial charge in [-0.1, -0.05) is 6.07 Å². The van der Waals surface area contributed by atoms with Crippen molar-refractivity contribution >= 4 is 11.9 Å². The maximum Gasteiger partial charge on any atom is 0.317 e. The average molecular weight is 391 g/mol. The van der Waals surface area contributed by atoms with E-state index >= 15 is 0 Å². The quantitative estimate of drug-likeness (QED) is 0.754. The van der Waals surface area contributed by atoms with E-state index in [-0.39, 0.29) is 17.9 Å². The van der Waals surface area contributed by atoms with Crippen molar-refractivity contribution in [2.24, 2.45) is 5.92 Å². The molecule has 0 aromatic heterocycles. The molecule has 1 N–H and O–H groups in total. The Hall–Kier alpha value is -2.48. The summed E-state index contributed by atoms with van der Waals surface area (Å²) in [6, 6.07) is 5.74. The van der Waals surface area contributed by atoms with Gasteiger partial charge in [0.05, 0.1) is 27.4 Å². The molecular weight excluding hydrogens is 362 g/mol. The predicted molar refractivity (Wildman–Crippen MR) is 104 cm³/mol. The molecule has 0 saturated carbocycles. The van der Waals surface area contributed by atoms with Crippen LogP contribution < -0.4 is 14.8 Å². The number of carbonyl (C=O) groups is 2. The molecule has 1 atom stereocenters. The Morgan fingerprint density at radius 1 is 1.21 bits per heavy atom. The topological polar surface area (TPSA) is 80.3 Å². The van der Waals surface area contributed by atoms with E-state index in [0.717, 1.165) is 12.0 Å². The number of nitrogens with one attached hydrogen (secondary N) is 1. The normalized spacial score (nSPS) is 19.6. The lowest BCUT2D eigenvalue weighted by atomic mass is 10.1. The highest BCUT2D eigenvalue weighted by atomic mass is 16.5. The first-order valence-electron chi connectivity index (χ1n) is 9.70. The molecule has 3 rings (SSSR count). The Labute approximate surface area is 165 Å². The van der Waals surface area contributed by atoms with E-state index in [0.29, 0.717) is 63.9 Å². The number of rotatable bonds is 7. The van der Waals surface area contributed by atoms with E-state index in [2.05, 4.69) is 5.32 Å². The van der Waals surface area contributed by atoms with Crippen molar-refractivity contribution < 1.29 is 23.8 Å². The van der Waals surface area contributed by atoms with Crippen molar-refractivity contribution in [2.45, 2.75) is 12.8 Å². The van der Waals surface area contributed by atoms with Crippen LogP contribution in [-0.4, -0.2) is 81.9 Å². The summed E-state index contributed by atoms with van der Waals surface area (Å²) in [5.41, 5.74) is 1.09. The largest absolute Gasteiger partial charge is 0.493 e. The first-order valence-corrected chi connectivity index (χ1v) is 9.70. The lowest BCUT2D eigenvalue weighted by Gasteiger charge is -2.27. The Bertz CT molecular complexity index is 690. The molecule has 3 amide bonds. The summed E-state index contributed by atoms with van der Waals surface area (Å²) >= 11 is 0. The number of nitrogens with zero attached hydrogens (tertiary/aromatic N) is 2. The zero-order valence-corrected chi connectivity index (χ0v) is 16.6. The van der Waals surface area contributed by atoms with E-state index < -0.39 is 0 Å². The third-order valence-corrected chi connectivity index (χ3v) is 5.25. The molecule has 0 bridgehead atoms. The Morgan fingerprint density at radius 2 is 1.96 bits per heavy atom. The van der Waals surface area contributed by atoms with Crippen molar-refractivity contribution in [1.82, 2.24) is 15.1 Å². The Balaban J connectivity index is 1.45. The zero-order valence-electron chi connectivity index (χ0n) is 16.6. The van der Waals surface area contributed by atoms with Gasteiger partial charge in [0.2, 0.25) is 5.91 Å². The van der Waals surface area contributed by atoms with Gasteiger partial charge < -0.3 is 29.3 Å². The van der Waals surface area contributed by atoms with Gasteiger partial charge in [0.15, 0.2) is 11.5 Å². The van der Waals surface area contributed by atoms with Gasteiger partial charge in [0.1, 0.15) is 0 Å². The van der Waals surface area contributed by atoms with Crippen LogP contribution in [0.5, 0.6) is 11.5 Å². The molecule has 2 fully saturated rings. The molecule has 0 aliphatic carbocycles. The fourth-order valence-corrected chi connectivity index (χ4v) is 3.62. The molecule has 2 saturated heterocycles. The molecule has 2 aliphatic rings. The summed E-state index contributed by atoms with van der Waals surface area (Å²) in [6.45, 7) is 4.25. The van der Waals surface area contributed by atoms with E-state index in [1.165, 1.54) is 0 Å². The van der Waals surface area contributed by atoms with Gasteiger partial charge in [-0.15, -0.1) is 0 Å². The van der Waals surface area contributed by atoms with Gasteiger partial charge in [0, 0.05) is 45.1 Å². The molecule has 8 heteroatoms. The minimum Gasteiger partial charge on any atom is -0.493 e. The van der Waals surface area contributed by atoms with Crippen molar-refractivity contribution in [2.75, 3.05) is 60.2 Å². The molecule has 1 unspecified atom stereocenters. The Morgan fingerprint density at radius 3 is 2.68 bits per heavy atom. The molecular formula is C20H29N3O5. The van der Waals surface area contributed by atoms with E-state index in [1.807, 2.05) is 23.1 Å². The second-order valence-electron chi connectivity index (χ2n) is 7.13. The van der Waals surface area contributed by atoms with E-state index in [1.54, 1.807) is 19.1 Å². The van der Waals surface area contributed by atoms with Crippen LogP contribution in [0.3, 0.4) is 0 Å². The van der Waals surface area contributed by atoms with Crippen molar-refractivity contribution in [3.8, 4) is 11.5 Å². The summed E-state index contributed by atoms with van der Waals surface area (Å²) < 4.78 is 15.8. The van der Waals surface area contributed by atoms with Crippen LogP contribution in [-0.2, 0) is 16.0 Å². The number of carbonyl (C=O) groups excluding carboxylic acids is 2. The van der Waals surface area contributed by atoms with Crippen molar-refractivity contribution in [3.63, 3.8) is 0 Å². The fourth-order valence-electron chi connectivity index (χ4n) is 3.62. The van der Waals surface area contributed by atoms with E-state index in [4.69, 9.17) is 14.2 Å². The number of hydrogen-bond acceptors (Lipinski definition) is 5. The smallest absolute Gasteiger partial charge is 0.317 e. The molecule has 154 valence electrons. The molecule has 8 nitrogen and oxygen atoms in total. The molecule has 2 heterocycles. The second kappa shape index (κ2) is 9.64. The summed E-state index contributed by atoms with van der Waals surface area (Å²) in [7, 11) is 3.22. The Kier molecular flexibility index (Phi) is 6.97. The first-order chi connectivity index (χ1) is 13.6. The molecule has 0 radical (unpaired) electrons. The average Bonchev–Trinajstić information content (AvgIpc) is 3.10. The number of morpholine rings is 1. The third kappa shape index (κ3) is 5.07. The lowest BCUT2D eigenvalue weighted by molar-refractivity contribution is -0.127. The van der Waals surface area contributed by atoms with Crippen LogP contribution in [0.15, 0.2) is 18.2 Å². The van der Waals surface area contributed by atoms with Gasteiger partial charge in [-0.2, -0.15) is 0 Å². The fraction of sp³-hybridized carbons (Fsp3) is 0.600. The van der Waals surface area contributed by atoms with Crippen LogP contribution in [0.4, 0.5) is 4.79 Å². The first kappa shape index (κ1) is 20.3. The maximum absolute atomic E-state index is 12.3. The molecule has 1 aromatic rings. The van der Waals surface area contributed by atoms with Crippen LogP contribution in [0.25, 0.3) is 0 Å². The number of amides is 3. The van der Waals surface area contributed by atoms with Gasteiger partial charge in [0.25, 0.3) is 0 Å². The van der Waals surface area contributed by atoms with Gasteiger partial charge in [-0.3, -0.25) is 4.79 Å². The summed E-state index contributed by atoms with van der Waals surface area (Å²) in [4.78, 5) is 28.1. The highest BCUT2D eigenvalue weighted by Gasteiger charge is 2.30. The standard InChI is InChI=1S/C20H29N3O5/c1-26-17-4-3-15(11-18(17)27-2)5-6-23-14-16(12-19(23)24)13-21-20(25)22-7-9-28-10-8-22/h3-4,11,16H,5-10,12-14H2,1-2H3,(H,21,25).